The molecule has 1 amide bonds. The number of benzene rings is 1. The van der Waals surface area contributed by atoms with Gasteiger partial charge in [0, 0.05) is 6.26 Å². The molecule has 2 unspecified atom stereocenters. The molecule has 0 fully saturated rings. The number of sulfone groups is 1. The van der Waals surface area contributed by atoms with Crippen LogP contribution in [0.4, 0.5) is 0 Å². The van der Waals surface area contributed by atoms with Crippen LogP contribution in [0.15, 0.2) is 29.2 Å². The van der Waals surface area contributed by atoms with Gasteiger partial charge in [-0.15, -0.1) is 12.4 Å². The molecule has 0 aliphatic rings. The summed E-state index contributed by atoms with van der Waals surface area (Å²) in [4.78, 5) is 21.5. The number of hydrogen-bond donors (Lipinski definition) is 3. The van der Waals surface area contributed by atoms with Crippen molar-refractivity contribution in [3.63, 3.8) is 0 Å². The number of nitrogens with two attached hydrogens (primary N) is 1. The van der Waals surface area contributed by atoms with Crippen LogP contribution in [0.2, 0.25) is 0 Å². The number of carbonyl (C=O) groups is 2. The standard InChI is InChI=1S/C14H18Cl2N2O6S.ClH/c1-25(22,23)9-4-2-8(3-5-9)12(20)10(7-24-11(19)6-17)18-14(21)13(15)16;/h2-5,10,12-13,20H,6-7,17H2,1H3,(H,18,21);1H. The zero-order valence-corrected chi connectivity index (χ0v) is 16.7. The van der Waals surface area contributed by atoms with Crippen molar-refractivity contribution in [2.45, 2.75) is 21.9 Å². The second-order valence-corrected chi connectivity index (χ2v) is 8.20. The number of aliphatic hydroxyl groups excluding tert-OH is 1. The first-order chi connectivity index (χ1) is 11.6. The van der Waals surface area contributed by atoms with Crippen molar-refractivity contribution >= 4 is 57.3 Å². The second-order valence-electron chi connectivity index (χ2n) is 5.09. The van der Waals surface area contributed by atoms with Crippen LogP contribution >= 0.6 is 35.6 Å². The lowest BCUT2D eigenvalue weighted by Gasteiger charge is -2.24. The monoisotopic (exact) mass is 448 g/mol. The molecule has 2 atom stereocenters. The van der Waals surface area contributed by atoms with Gasteiger partial charge in [0.25, 0.3) is 5.91 Å². The molecule has 1 aromatic carbocycles. The van der Waals surface area contributed by atoms with Crippen LogP contribution in [0.5, 0.6) is 0 Å². The molecule has 0 aliphatic carbocycles. The summed E-state index contributed by atoms with van der Waals surface area (Å²) in [6.45, 7) is -0.745. The minimum atomic E-state index is -3.39. The van der Waals surface area contributed by atoms with E-state index in [-0.39, 0.29) is 30.5 Å². The van der Waals surface area contributed by atoms with Crippen LogP contribution < -0.4 is 11.1 Å². The Bertz CT molecular complexity index is 712. The van der Waals surface area contributed by atoms with Crippen LogP contribution in [0.25, 0.3) is 0 Å². The molecular weight excluding hydrogens is 431 g/mol. The normalized spacial score (nSPS) is 13.5. The van der Waals surface area contributed by atoms with E-state index in [0.29, 0.717) is 5.56 Å². The van der Waals surface area contributed by atoms with Crippen LogP contribution in [0.3, 0.4) is 0 Å². The highest BCUT2D eigenvalue weighted by Gasteiger charge is 2.26. The number of esters is 1. The number of ether oxygens (including phenoxy) is 1. The van der Waals surface area contributed by atoms with Gasteiger partial charge in [-0.1, -0.05) is 35.3 Å². The quantitative estimate of drug-likeness (QED) is 0.384. The summed E-state index contributed by atoms with van der Waals surface area (Å²) in [5.74, 6) is -1.52. The maximum absolute atomic E-state index is 11.7. The summed E-state index contributed by atoms with van der Waals surface area (Å²) in [6.07, 6.45) is -0.260. The molecule has 0 saturated heterocycles. The number of hydrogen-bond acceptors (Lipinski definition) is 7. The van der Waals surface area contributed by atoms with Crippen molar-refractivity contribution in [1.82, 2.24) is 5.32 Å². The van der Waals surface area contributed by atoms with Crippen molar-refractivity contribution < 1.29 is 27.9 Å². The van der Waals surface area contributed by atoms with Crippen LogP contribution in [0, 0.1) is 0 Å². The minimum absolute atomic E-state index is 0. The highest BCUT2D eigenvalue weighted by molar-refractivity contribution is 7.90. The van der Waals surface area contributed by atoms with E-state index < -0.39 is 38.7 Å². The summed E-state index contributed by atoms with van der Waals surface area (Å²) < 4.78 is 27.8. The van der Waals surface area contributed by atoms with E-state index in [4.69, 9.17) is 33.7 Å². The third kappa shape index (κ3) is 7.65. The maximum Gasteiger partial charge on any atom is 0.319 e. The molecule has 4 N–H and O–H groups in total. The van der Waals surface area contributed by atoms with Crippen molar-refractivity contribution in [2.75, 3.05) is 19.4 Å². The highest BCUT2D eigenvalue weighted by atomic mass is 35.5. The first kappa shape index (κ1) is 24.9. The number of carbonyl (C=O) groups excluding carboxylic acids is 2. The van der Waals surface area contributed by atoms with E-state index in [9.17, 15) is 23.1 Å². The van der Waals surface area contributed by atoms with Crippen LogP contribution in [-0.4, -0.2) is 55.7 Å². The topological polar surface area (TPSA) is 136 Å². The van der Waals surface area contributed by atoms with Gasteiger partial charge in [-0.05, 0) is 17.7 Å². The Morgan fingerprint density at radius 2 is 1.81 bits per heavy atom. The molecule has 1 aromatic rings. The first-order valence-corrected chi connectivity index (χ1v) is 9.75. The lowest BCUT2D eigenvalue weighted by molar-refractivity contribution is -0.144. The summed E-state index contributed by atoms with van der Waals surface area (Å²) in [7, 11) is -3.39. The molecule has 148 valence electrons. The van der Waals surface area contributed by atoms with Crippen molar-refractivity contribution in [3.05, 3.63) is 29.8 Å². The van der Waals surface area contributed by atoms with Gasteiger partial charge >= 0.3 is 5.97 Å². The lowest BCUT2D eigenvalue weighted by atomic mass is 10.0. The van der Waals surface area contributed by atoms with Crippen molar-refractivity contribution in [3.8, 4) is 0 Å². The molecule has 0 saturated carbocycles. The summed E-state index contributed by atoms with van der Waals surface area (Å²) in [5, 5.41) is 12.8. The molecule has 0 aromatic heterocycles. The zero-order chi connectivity index (χ0) is 19.2. The fourth-order valence-electron chi connectivity index (χ4n) is 1.84. The largest absolute Gasteiger partial charge is 0.462 e. The van der Waals surface area contributed by atoms with E-state index in [1.165, 1.54) is 24.3 Å². The van der Waals surface area contributed by atoms with Gasteiger partial charge in [0.15, 0.2) is 14.7 Å². The van der Waals surface area contributed by atoms with Crippen LogP contribution in [0.1, 0.15) is 11.7 Å². The Labute approximate surface area is 167 Å². The van der Waals surface area contributed by atoms with Crippen molar-refractivity contribution in [1.29, 1.82) is 0 Å². The highest BCUT2D eigenvalue weighted by Crippen LogP contribution is 2.20. The molecular formula is C14H19Cl3N2O6S. The molecule has 0 spiro atoms. The smallest absolute Gasteiger partial charge is 0.319 e. The third-order valence-corrected chi connectivity index (χ3v) is 4.67. The number of rotatable bonds is 8. The summed E-state index contributed by atoms with van der Waals surface area (Å²) >= 11 is 10.9. The molecule has 0 heterocycles. The summed E-state index contributed by atoms with van der Waals surface area (Å²) in [5.41, 5.74) is 5.42. The lowest BCUT2D eigenvalue weighted by Crippen LogP contribution is -2.45. The minimum Gasteiger partial charge on any atom is -0.462 e. The first-order valence-electron chi connectivity index (χ1n) is 6.98. The van der Waals surface area contributed by atoms with Gasteiger partial charge in [-0.25, -0.2) is 8.42 Å². The molecule has 1 rings (SSSR count). The number of aliphatic hydroxyl groups is 1. The van der Waals surface area contributed by atoms with E-state index >= 15 is 0 Å². The van der Waals surface area contributed by atoms with E-state index in [1.54, 1.807) is 0 Å². The van der Waals surface area contributed by atoms with Gasteiger partial charge in [0.2, 0.25) is 0 Å². The van der Waals surface area contributed by atoms with Gasteiger partial charge in [-0.3, -0.25) is 9.59 Å². The van der Waals surface area contributed by atoms with E-state index in [0.717, 1.165) is 6.26 Å². The Hall–Kier alpha value is -1.10. The maximum atomic E-state index is 11.7. The van der Waals surface area contributed by atoms with Crippen LogP contribution in [-0.2, 0) is 24.2 Å². The second kappa shape index (κ2) is 10.9. The summed E-state index contributed by atoms with van der Waals surface area (Å²) in [6, 6.07) is 4.31. The number of nitrogens with one attached hydrogen (secondary N) is 1. The average Bonchev–Trinajstić information content (AvgIpc) is 2.56. The number of alkyl halides is 2. The zero-order valence-electron chi connectivity index (χ0n) is 13.6. The predicted octanol–water partition coefficient (Wildman–Crippen LogP) is 0.336. The molecule has 8 nitrogen and oxygen atoms in total. The van der Waals surface area contributed by atoms with Gasteiger partial charge in [-0.2, -0.15) is 0 Å². The average molecular weight is 450 g/mol. The molecule has 0 aliphatic heterocycles. The fourth-order valence-corrected chi connectivity index (χ4v) is 2.60. The molecule has 0 radical (unpaired) electrons. The van der Waals surface area contributed by atoms with Gasteiger partial charge in [0.05, 0.1) is 17.5 Å². The number of halogens is 3. The Balaban J connectivity index is 0.00000625. The third-order valence-electron chi connectivity index (χ3n) is 3.15. The molecule has 0 bridgehead atoms. The van der Waals surface area contributed by atoms with E-state index in [1.807, 2.05) is 0 Å². The SMILES string of the molecule is CS(=O)(=O)c1ccc(C(O)C(COC(=O)CN)NC(=O)C(Cl)Cl)cc1.Cl. The van der Waals surface area contributed by atoms with Crippen molar-refractivity contribution in [2.24, 2.45) is 5.73 Å². The number of amides is 1. The van der Waals surface area contributed by atoms with Gasteiger partial charge in [0.1, 0.15) is 12.7 Å². The Kier molecular flexibility index (Phi) is 10.4. The molecule has 12 heteroatoms. The van der Waals surface area contributed by atoms with E-state index in [2.05, 4.69) is 5.32 Å². The van der Waals surface area contributed by atoms with Gasteiger partial charge < -0.3 is 20.9 Å². The Morgan fingerprint density at radius 3 is 2.23 bits per heavy atom. The molecule has 26 heavy (non-hydrogen) atoms. The Morgan fingerprint density at radius 1 is 1.27 bits per heavy atom. The fraction of sp³-hybridized carbons (Fsp3) is 0.429. The predicted molar refractivity (Wildman–Crippen MR) is 99.2 cm³/mol.